The predicted molar refractivity (Wildman–Crippen MR) is 112 cm³/mol. The summed E-state index contributed by atoms with van der Waals surface area (Å²) in [5.41, 5.74) is 0.501. The second kappa shape index (κ2) is 9.76. The molecule has 0 unspecified atom stereocenters. The first-order valence-corrected chi connectivity index (χ1v) is 10.3. The first kappa shape index (κ1) is 21.1. The second-order valence-corrected chi connectivity index (χ2v) is 7.65. The lowest BCUT2D eigenvalue weighted by Gasteiger charge is -2.34. The smallest absolute Gasteiger partial charge is 0.254 e. The molecule has 0 N–H and O–H groups in total. The van der Waals surface area contributed by atoms with Crippen molar-refractivity contribution in [2.75, 3.05) is 54.1 Å². The molecule has 2 heterocycles. The quantitative estimate of drug-likeness (QED) is 0.614. The average Bonchev–Trinajstić information content (AvgIpc) is 3.31. The molecule has 1 aliphatic rings. The lowest BCUT2D eigenvalue weighted by atomic mass is 10.1. The van der Waals surface area contributed by atoms with Crippen LogP contribution in [0.15, 0.2) is 29.6 Å². The van der Waals surface area contributed by atoms with Gasteiger partial charge in [0.15, 0.2) is 17.3 Å². The lowest BCUT2D eigenvalue weighted by Crippen LogP contribution is -2.49. The molecule has 0 atom stereocenters. The Morgan fingerprint density at radius 1 is 1.00 bits per heavy atom. The van der Waals surface area contributed by atoms with Gasteiger partial charge in [0.05, 0.1) is 26.2 Å². The van der Waals surface area contributed by atoms with Crippen molar-refractivity contribution in [2.45, 2.75) is 6.42 Å². The van der Waals surface area contributed by atoms with Gasteiger partial charge in [0.1, 0.15) is 0 Å². The molecule has 1 aromatic carbocycles. The minimum atomic E-state index is -0.0708. The van der Waals surface area contributed by atoms with Crippen molar-refractivity contribution in [1.29, 1.82) is 0 Å². The number of methoxy groups -OCH3 is 3. The Labute approximate surface area is 174 Å². The van der Waals surface area contributed by atoms with E-state index in [0.29, 0.717) is 48.9 Å². The summed E-state index contributed by atoms with van der Waals surface area (Å²) in [7, 11) is 4.59. The maximum Gasteiger partial charge on any atom is 0.254 e. The number of piperazine rings is 1. The van der Waals surface area contributed by atoms with Crippen LogP contribution in [0.2, 0.25) is 0 Å². The summed E-state index contributed by atoms with van der Waals surface area (Å²) in [5, 5.41) is 1.92. The Bertz CT molecular complexity index is 820. The topological polar surface area (TPSA) is 68.3 Å². The molecule has 0 saturated carbocycles. The molecule has 1 fully saturated rings. The van der Waals surface area contributed by atoms with Crippen molar-refractivity contribution in [3.8, 4) is 17.2 Å². The summed E-state index contributed by atoms with van der Waals surface area (Å²) in [6, 6.07) is 7.11. The molecule has 2 aromatic rings. The molecule has 29 heavy (non-hydrogen) atoms. The van der Waals surface area contributed by atoms with Crippen LogP contribution in [0.25, 0.3) is 0 Å². The highest BCUT2D eigenvalue weighted by molar-refractivity contribution is 7.12. The van der Waals surface area contributed by atoms with Gasteiger partial charge in [-0.3, -0.25) is 14.5 Å². The van der Waals surface area contributed by atoms with Crippen molar-refractivity contribution in [2.24, 2.45) is 0 Å². The number of rotatable bonds is 8. The number of benzene rings is 1. The molecule has 8 heteroatoms. The molecule has 1 amide bonds. The third kappa shape index (κ3) is 4.89. The Morgan fingerprint density at radius 3 is 2.17 bits per heavy atom. The molecule has 3 rings (SSSR count). The monoisotopic (exact) mass is 418 g/mol. The highest BCUT2D eigenvalue weighted by Crippen LogP contribution is 2.38. The molecule has 0 spiro atoms. The van der Waals surface area contributed by atoms with Crippen LogP contribution >= 0.6 is 11.3 Å². The number of carbonyl (C=O) groups is 2. The minimum Gasteiger partial charge on any atom is -0.493 e. The van der Waals surface area contributed by atoms with Crippen LogP contribution in [0.5, 0.6) is 17.2 Å². The van der Waals surface area contributed by atoms with Gasteiger partial charge in [-0.1, -0.05) is 6.07 Å². The molecule has 156 valence electrons. The SMILES string of the molecule is COc1cc(C(=O)N2CCN(CCC(=O)c3cccs3)CC2)cc(OC)c1OC. The van der Waals surface area contributed by atoms with E-state index in [1.54, 1.807) is 12.1 Å². The fraction of sp³-hybridized carbons (Fsp3) is 0.429. The van der Waals surface area contributed by atoms with Gasteiger partial charge in [-0.15, -0.1) is 11.3 Å². The number of ketones is 1. The summed E-state index contributed by atoms with van der Waals surface area (Å²) < 4.78 is 16.0. The van der Waals surface area contributed by atoms with E-state index in [1.807, 2.05) is 22.4 Å². The number of ether oxygens (including phenoxy) is 3. The number of hydrogen-bond acceptors (Lipinski definition) is 7. The fourth-order valence-corrected chi connectivity index (χ4v) is 4.08. The number of amides is 1. The van der Waals surface area contributed by atoms with E-state index in [-0.39, 0.29) is 11.7 Å². The van der Waals surface area contributed by atoms with Crippen LogP contribution in [0, 0.1) is 0 Å². The minimum absolute atomic E-state index is 0.0708. The molecular weight excluding hydrogens is 392 g/mol. The summed E-state index contributed by atoms with van der Waals surface area (Å²) in [6.45, 7) is 3.43. The van der Waals surface area contributed by atoms with E-state index < -0.39 is 0 Å². The van der Waals surface area contributed by atoms with Crippen LogP contribution < -0.4 is 14.2 Å². The number of carbonyl (C=O) groups excluding carboxylic acids is 2. The number of Topliss-reactive ketones (excluding diaryl/α,β-unsaturated/α-hetero) is 1. The average molecular weight is 419 g/mol. The summed E-state index contributed by atoms with van der Waals surface area (Å²) in [4.78, 5) is 30.0. The van der Waals surface area contributed by atoms with Crippen molar-refractivity contribution >= 4 is 23.0 Å². The molecule has 1 aliphatic heterocycles. The lowest BCUT2D eigenvalue weighted by molar-refractivity contribution is 0.0628. The van der Waals surface area contributed by atoms with Crippen LogP contribution in [0.4, 0.5) is 0 Å². The van der Waals surface area contributed by atoms with Gasteiger partial charge in [-0.25, -0.2) is 0 Å². The highest BCUT2D eigenvalue weighted by Gasteiger charge is 2.25. The predicted octanol–water partition coefficient (Wildman–Crippen LogP) is 2.80. The Balaban J connectivity index is 1.58. The normalized spacial score (nSPS) is 14.5. The third-order valence-corrected chi connectivity index (χ3v) is 5.93. The molecular formula is C21H26N2O5S. The van der Waals surface area contributed by atoms with Gasteiger partial charge in [0.25, 0.3) is 5.91 Å². The van der Waals surface area contributed by atoms with Crippen LogP contribution in [0.3, 0.4) is 0 Å². The van der Waals surface area contributed by atoms with Crippen molar-refractivity contribution < 1.29 is 23.8 Å². The van der Waals surface area contributed by atoms with Crippen LogP contribution in [0.1, 0.15) is 26.5 Å². The van der Waals surface area contributed by atoms with E-state index in [9.17, 15) is 9.59 Å². The first-order chi connectivity index (χ1) is 14.1. The van der Waals surface area contributed by atoms with Crippen molar-refractivity contribution in [3.63, 3.8) is 0 Å². The van der Waals surface area contributed by atoms with E-state index in [1.165, 1.54) is 32.7 Å². The number of nitrogens with zero attached hydrogens (tertiary/aromatic N) is 2. The zero-order valence-corrected chi connectivity index (χ0v) is 17.8. The van der Waals surface area contributed by atoms with Crippen LogP contribution in [-0.2, 0) is 0 Å². The molecule has 0 bridgehead atoms. The van der Waals surface area contributed by atoms with E-state index in [2.05, 4.69) is 4.90 Å². The molecule has 1 saturated heterocycles. The van der Waals surface area contributed by atoms with Gasteiger partial charge in [-0.05, 0) is 23.6 Å². The molecule has 0 aliphatic carbocycles. The largest absolute Gasteiger partial charge is 0.493 e. The molecule has 1 aromatic heterocycles. The third-order valence-electron chi connectivity index (χ3n) is 5.02. The highest BCUT2D eigenvalue weighted by atomic mass is 32.1. The number of thiophene rings is 1. The maximum absolute atomic E-state index is 13.0. The molecule has 0 radical (unpaired) electrons. The van der Waals surface area contributed by atoms with Gasteiger partial charge in [-0.2, -0.15) is 0 Å². The maximum atomic E-state index is 13.0. The zero-order valence-electron chi connectivity index (χ0n) is 17.0. The van der Waals surface area contributed by atoms with E-state index in [0.717, 1.165) is 18.0 Å². The Kier molecular flexibility index (Phi) is 7.11. The Morgan fingerprint density at radius 2 is 1.66 bits per heavy atom. The number of hydrogen-bond donors (Lipinski definition) is 0. The van der Waals surface area contributed by atoms with Crippen LogP contribution in [-0.4, -0.2) is 75.5 Å². The van der Waals surface area contributed by atoms with Gasteiger partial charge < -0.3 is 19.1 Å². The standard InChI is InChI=1S/C21H26N2O5S/c1-26-17-13-15(14-18(27-2)20(17)28-3)21(25)23-10-8-22(9-11-23)7-6-16(24)19-5-4-12-29-19/h4-5,12-14H,6-11H2,1-3H3. The van der Waals surface area contributed by atoms with Crippen molar-refractivity contribution in [1.82, 2.24) is 9.80 Å². The van der Waals surface area contributed by atoms with Gasteiger partial charge >= 0.3 is 0 Å². The first-order valence-electron chi connectivity index (χ1n) is 9.45. The summed E-state index contributed by atoms with van der Waals surface area (Å²) in [5.74, 6) is 1.49. The summed E-state index contributed by atoms with van der Waals surface area (Å²) >= 11 is 1.48. The second-order valence-electron chi connectivity index (χ2n) is 6.70. The molecule has 7 nitrogen and oxygen atoms in total. The van der Waals surface area contributed by atoms with Gasteiger partial charge in [0, 0.05) is 44.7 Å². The summed E-state index contributed by atoms with van der Waals surface area (Å²) in [6.07, 6.45) is 0.501. The van der Waals surface area contributed by atoms with E-state index >= 15 is 0 Å². The van der Waals surface area contributed by atoms with Crippen molar-refractivity contribution in [3.05, 3.63) is 40.1 Å². The zero-order chi connectivity index (χ0) is 20.8. The fourth-order valence-electron chi connectivity index (χ4n) is 3.38. The Hall–Kier alpha value is -2.58. The van der Waals surface area contributed by atoms with E-state index in [4.69, 9.17) is 14.2 Å². The van der Waals surface area contributed by atoms with Gasteiger partial charge in [0.2, 0.25) is 5.75 Å².